The zero-order valence-corrected chi connectivity index (χ0v) is 15.6. The molecule has 1 aromatic heterocycles. The molecule has 0 unspecified atom stereocenters. The smallest absolute Gasteiger partial charge is 0.294 e. The van der Waals surface area contributed by atoms with Crippen LogP contribution in [0.5, 0.6) is 0 Å². The fourth-order valence-electron chi connectivity index (χ4n) is 1.77. The third-order valence-corrected chi connectivity index (χ3v) is 3.86. The van der Waals surface area contributed by atoms with Crippen molar-refractivity contribution in [3.8, 4) is 0 Å². The Balaban J connectivity index is 0.000000288. The van der Waals surface area contributed by atoms with E-state index in [9.17, 15) is 8.42 Å². The van der Waals surface area contributed by atoms with Crippen LogP contribution in [-0.4, -0.2) is 18.0 Å². The van der Waals surface area contributed by atoms with E-state index in [1.165, 1.54) is 12.1 Å². The predicted octanol–water partition coefficient (Wildman–Crippen LogP) is 4.02. The first-order chi connectivity index (χ1) is 12.4. The zero-order chi connectivity index (χ0) is 19.0. The van der Waals surface area contributed by atoms with Crippen molar-refractivity contribution >= 4 is 45.5 Å². The summed E-state index contributed by atoms with van der Waals surface area (Å²) in [5.74, 6) is 0.649. The number of aromatic nitrogens is 1. The number of benzene rings is 2. The SMILES string of the molecule is Cl.Nc1ccc(/N=N/c2ccccc2)c(N)n1.O=S(=O)(O)c1ccccc1. The molecule has 0 saturated heterocycles. The van der Waals surface area contributed by atoms with Crippen LogP contribution in [0.4, 0.5) is 23.0 Å². The molecule has 0 aliphatic carbocycles. The van der Waals surface area contributed by atoms with Crippen molar-refractivity contribution in [2.75, 3.05) is 11.5 Å². The molecule has 1 heterocycles. The first-order valence-corrected chi connectivity index (χ1v) is 8.81. The Morgan fingerprint density at radius 1 is 0.815 bits per heavy atom. The number of azo groups is 1. The maximum absolute atomic E-state index is 10.4. The average molecular weight is 408 g/mol. The molecule has 3 aromatic rings. The van der Waals surface area contributed by atoms with Gasteiger partial charge in [0.2, 0.25) is 0 Å². The molecule has 0 atom stereocenters. The van der Waals surface area contributed by atoms with Gasteiger partial charge < -0.3 is 11.5 Å². The topological polar surface area (TPSA) is 144 Å². The standard InChI is InChI=1S/C11H11N5.C6H6O3S.ClH/c12-10-7-6-9(11(13)14-10)16-15-8-4-2-1-3-5-8;7-10(8,9)6-4-2-1-3-5-6;/h1-7H,(H4,12,13,14);1-5H,(H,7,8,9);1H/b16-15+;;. The number of nitrogens with zero attached hydrogens (tertiary/aromatic N) is 3. The quantitative estimate of drug-likeness (QED) is 0.441. The molecule has 2 aromatic carbocycles. The summed E-state index contributed by atoms with van der Waals surface area (Å²) in [7, 11) is -4.00. The van der Waals surface area contributed by atoms with Crippen LogP contribution in [0.15, 0.2) is 87.9 Å². The van der Waals surface area contributed by atoms with E-state index >= 15 is 0 Å². The van der Waals surface area contributed by atoms with Gasteiger partial charge in [-0.1, -0.05) is 36.4 Å². The van der Waals surface area contributed by atoms with Gasteiger partial charge in [-0.3, -0.25) is 4.55 Å². The Morgan fingerprint density at radius 2 is 1.37 bits per heavy atom. The highest BCUT2D eigenvalue weighted by Crippen LogP contribution is 2.23. The molecular formula is C17H18ClN5O3S. The molecular weight excluding hydrogens is 390 g/mol. The van der Waals surface area contributed by atoms with E-state index in [0.29, 0.717) is 11.5 Å². The molecule has 0 bridgehead atoms. The Kier molecular flexibility index (Phi) is 8.34. The lowest BCUT2D eigenvalue weighted by atomic mass is 10.3. The van der Waals surface area contributed by atoms with E-state index in [2.05, 4.69) is 15.2 Å². The van der Waals surface area contributed by atoms with Gasteiger partial charge in [-0.05, 0) is 36.4 Å². The molecule has 0 amide bonds. The maximum Gasteiger partial charge on any atom is 0.294 e. The van der Waals surface area contributed by atoms with Gasteiger partial charge in [0.15, 0.2) is 5.82 Å². The zero-order valence-electron chi connectivity index (χ0n) is 14.0. The van der Waals surface area contributed by atoms with Crippen molar-refractivity contribution < 1.29 is 13.0 Å². The van der Waals surface area contributed by atoms with Crippen molar-refractivity contribution in [1.29, 1.82) is 0 Å². The number of halogens is 1. The van der Waals surface area contributed by atoms with E-state index < -0.39 is 10.1 Å². The third-order valence-electron chi connectivity index (χ3n) is 2.99. The summed E-state index contributed by atoms with van der Waals surface area (Å²) in [6.07, 6.45) is 0. The molecule has 0 aliphatic heterocycles. The minimum absolute atomic E-state index is 0. The van der Waals surface area contributed by atoms with Crippen LogP contribution in [0.2, 0.25) is 0 Å². The summed E-state index contributed by atoms with van der Waals surface area (Å²) in [5, 5.41) is 8.03. The number of hydrogen-bond donors (Lipinski definition) is 3. The molecule has 8 nitrogen and oxygen atoms in total. The van der Waals surface area contributed by atoms with Crippen LogP contribution in [0.1, 0.15) is 0 Å². The van der Waals surface area contributed by atoms with Crippen molar-refractivity contribution in [2.45, 2.75) is 4.90 Å². The van der Waals surface area contributed by atoms with Gasteiger partial charge in [0, 0.05) is 0 Å². The number of nitrogen functional groups attached to an aromatic ring is 2. The lowest BCUT2D eigenvalue weighted by molar-refractivity contribution is 0.483. The summed E-state index contributed by atoms with van der Waals surface area (Å²) in [6.45, 7) is 0. The molecule has 0 aliphatic rings. The fourth-order valence-corrected chi connectivity index (χ4v) is 2.27. The lowest BCUT2D eigenvalue weighted by Crippen LogP contribution is -1.96. The number of hydrogen-bond acceptors (Lipinski definition) is 7. The Morgan fingerprint density at radius 3 is 1.85 bits per heavy atom. The number of rotatable bonds is 3. The Hall–Kier alpha value is -3.01. The van der Waals surface area contributed by atoms with Crippen LogP contribution >= 0.6 is 12.4 Å². The third kappa shape index (κ3) is 7.40. The molecule has 5 N–H and O–H groups in total. The highest BCUT2D eigenvalue weighted by molar-refractivity contribution is 7.85. The van der Waals surface area contributed by atoms with Crippen molar-refractivity contribution in [3.05, 3.63) is 72.8 Å². The molecule has 0 radical (unpaired) electrons. The summed E-state index contributed by atoms with van der Waals surface area (Å²) in [4.78, 5) is 3.81. The minimum Gasteiger partial charge on any atom is -0.384 e. The van der Waals surface area contributed by atoms with E-state index in [1.54, 1.807) is 30.3 Å². The summed E-state index contributed by atoms with van der Waals surface area (Å²) in [6, 6.07) is 20.1. The summed E-state index contributed by atoms with van der Waals surface area (Å²) >= 11 is 0. The Labute approximate surface area is 163 Å². The van der Waals surface area contributed by atoms with Crippen LogP contribution in [0.3, 0.4) is 0 Å². The van der Waals surface area contributed by atoms with Gasteiger partial charge in [-0.25, -0.2) is 4.98 Å². The van der Waals surface area contributed by atoms with Crippen LogP contribution in [-0.2, 0) is 10.1 Å². The van der Waals surface area contributed by atoms with Gasteiger partial charge in [0.1, 0.15) is 11.5 Å². The lowest BCUT2D eigenvalue weighted by Gasteiger charge is -1.98. The first kappa shape index (κ1) is 22.0. The second kappa shape index (κ2) is 10.2. The van der Waals surface area contributed by atoms with Crippen LogP contribution in [0.25, 0.3) is 0 Å². The molecule has 3 rings (SSSR count). The second-order valence-corrected chi connectivity index (χ2v) is 6.39. The molecule has 10 heteroatoms. The van der Waals surface area contributed by atoms with E-state index in [-0.39, 0.29) is 23.1 Å². The monoisotopic (exact) mass is 407 g/mol. The molecule has 0 fully saturated rings. The summed E-state index contributed by atoms with van der Waals surface area (Å²) in [5.41, 5.74) is 12.4. The predicted molar refractivity (Wildman–Crippen MR) is 107 cm³/mol. The van der Waals surface area contributed by atoms with Gasteiger partial charge in [0.25, 0.3) is 10.1 Å². The highest BCUT2D eigenvalue weighted by atomic mass is 35.5. The number of nitrogens with two attached hydrogens (primary N) is 2. The highest BCUT2D eigenvalue weighted by Gasteiger charge is 2.05. The molecule has 0 saturated carbocycles. The normalized spacial score (nSPS) is 10.6. The van der Waals surface area contributed by atoms with Crippen molar-refractivity contribution in [3.63, 3.8) is 0 Å². The van der Waals surface area contributed by atoms with Crippen LogP contribution < -0.4 is 11.5 Å². The molecule has 142 valence electrons. The molecule has 27 heavy (non-hydrogen) atoms. The number of anilines is 2. The average Bonchev–Trinajstić information content (AvgIpc) is 2.62. The van der Waals surface area contributed by atoms with Crippen LogP contribution in [0, 0.1) is 0 Å². The molecule has 0 spiro atoms. The second-order valence-electron chi connectivity index (χ2n) is 4.96. The van der Waals surface area contributed by atoms with Crippen molar-refractivity contribution in [2.24, 2.45) is 10.2 Å². The van der Waals surface area contributed by atoms with Crippen molar-refractivity contribution in [1.82, 2.24) is 4.98 Å². The fraction of sp³-hybridized carbons (Fsp3) is 0. The van der Waals surface area contributed by atoms with Gasteiger partial charge in [-0.2, -0.15) is 13.5 Å². The Bertz CT molecular complexity index is 984. The number of pyridine rings is 1. The summed E-state index contributed by atoms with van der Waals surface area (Å²) < 4.78 is 29.2. The van der Waals surface area contributed by atoms with E-state index in [0.717, 1.165) is 5.69 Å². The first-order valence-electron chi connectivity index (χ1n) is 7.37. The maximum atomic E-state index is 10.4. The largest absolute Gasteiger partial charge is 0.384 e. The van der Waals surface area contributed by atoms with Gasteiger partial charge in [0.05, 0.1) is 10.6 Å². The minimum atomic E-state index is -4.00. The van der Waals surface area contributed by atoms with Gasteiger partial charge >= 0.3 is 0 Å². The van der Waals surface area contributed by atoms with E-state index in [1.807, 2.05) is 30.3 Å². The van der Waals surface area contributed by atoms with Gasteiger partial charge in [-0.15, -0.1) is 17.5 Å². The van der Waals surface area contributed by atoms with E-state index in [4.69, 9.17) is 16.0 Å².